The number of carboxylic acid groups (broad SMARTS) is 1. The van der Waals surface area contributed by atoms with E-state index >= 15 is 0 Å². The van der Waals surface area contributed by atoms with Crippen molar-refractivity contribution in [1.82, 2.24) is 4.98 Å². The Kier molecular flexibility index (Phi) is 8.68. The third-order valence-electron chi connectivity index (χ3n) is 5.36. The number of benzene rings is 1. The minimum absolute atomic E-state index is 0.418. The molecule has 0 fully saturated rings. The molecular formula is C26H34N2O4. The molecule has 0 aliphatic carbocycles. The lowest BCUT2D eigenvalue weighted by Gasteiger charge is -2.25. The Balaban J connectivity index is 1.74. The maximum Gasteiger partial charge on any atom is 0.331 e. The number of rotatable bonds is 11. The van der Waals surface area contributed by atoms with Crippen LogP contribution in [0.3, 0.4) is 0 Å². The van der Waals surface area contributed by atoms with E-state index in [9.17, 15) is 9.90 Å². The van der Waals surface area contributed by atoms with Crippen LogP contribution in [0.2, 0.25) is 0 Å². The first-order valence-corrected chi connectivity index (χ1v) is 11.5. The van der Waals surface area contributed by atoms with Gasteiger partial charge < -0.3 is 19.5 Å². The molecule has 0 atom stereocenters. The van der Waals surface area contributed by atoms with Gasteiger partial charge in [-0.25, -0.2) is 9.78 Å². The SMILES string of the molecule is CCCCOCCOc1ccc(-c2cnc3c(c2)C=C(C(=O)O)CCN3CC(C)C)cc1. The van der Waals surface area contributed by atoms with Gasteiger partial charge in [0, 0.05) is 42.6 Å². The van der Waals surface area contributed by atoms with Crippen molar-refractivity contribution >= 4 is 17.9 Å². The van der Waals surface area contributed by atoms with Crippen molar-refractivity contribution in [3.05, 3.63) is 47.7 Å². The van der Waals surface area contributed by atoms with E-state index in [1.165, 1.54) is 0 Å². The van der Waals surface area contributed by atoms with Crippen molar-refractivity contribution in [2.24, 2.45) is 5.92 Å². The predicted octanol–water partition coefficient (Wildman–Crippen LogP) is 5.28. The number of fused-ring (bicyclic) bond motifs is 1. The van der Waals surface area contributed by atoms with Crippen molar-refractivity contribution in [2.75, 3.05) is 37.8 Å². The molecule has 0 saturated heterocycles. The molecule has 0 spiro atoms. The average Bonchev–Trinajstić information content (AvgIpc) is 2.95. The standard InChI is InChI=1S/C26H34N2O4/c1-4-5-12-31-13-14-32-24-8-6-20(7-9-24)23-16-22-15-21(26(29)30)10-11-28(18-19(2)3)25(22)27-17-23/h6-9,15-17,19H,4-5,10-14,18H2,1-3H3,(H,29,30). The van der Waals surface area contributed by atoms with E-state index in [0.29, 0.717) is 37.7 Å². The molecule has 0 radical (unpaired) electrons. The van der Waals surface area contributed by atoms with E-state index < -0.39 is 5.97 Å². The number of pyridine rings is 1. The van der Waals surface area contributed by atoms with Crippen molar-refractivity contribution < 1.29 is 19.4 Å². The second kappa shape index (κ2) is 11.7. The summed E-state index contributed by atoms with van der Waals surface area (Å²) in [5.74, 6) is 1.24. The number of anilines is 1. The zero-order chi connectivity index (χ0) is 22.9. The molecule has 6 nitrogen and oxygen atoms in total. The molecular weight excluding hydrogens is 404 g/mol. The van der Waals surface area contributed by atoms with E-state index in [4.69, 9.17) is 14.5 Å². The molecule has 1 aliphatic heterocycles. The normalized spacial score (nSPS) is 13.5. The Bertz CT molecular complexity index is 922. The molecule has 1 aromatic heterocycles. The van der Waals surface area contributed by atoms with Gasteiger partial charge in [0.2, 0.25) is 0 Å². The van der Waals surface area contributed by atoms with E-state index in [0.717, 1.165) is 54.3 Å². The maximum atomic E-state index is 11.7. The second-order valence-electron chi connectivity index (χ2n) is 8.54. The van der Waals surface area contributed by atoms with Gasteiger partial charge in [-0.3, -0.25) is 0 Å². The Labute approximate surface area is 190 Å². The summed E-state index contributed by atoms with van der Waals surface area (Å²) in [4.78, 5) is 18.6. The monoisotopic (exact) mass is 438 g/mol. The summed E-state index contributed by atoms with van der Waals surface area (Å²) in [6, 6.07) is 9.91. The third-order valence-corrected chi connectivity index (χ3v) is 5.36. The van der Waals surface area contributed by atoms with E-state index in [1.807, 2.05) is 36.5 Å². The summed E-state index contributed by atoms with van der Waals surface area (Å²) in [6.07, 6.45) is 6.33. The largest absolute Gasteiger partial charge is 0.491 e. The molecule has 2 heterocycles. The van der Waals surface area contributed by atoms with Crippen LogP contribution < -0.4 is 9.64 Å². The fourth-order valence-corrected chi connectivity index (χ4v) is 3.72. The predicted molar refractivity (Wildman–Crippen MR) is 128 cm³/mol. The van der Waals surface area contributed by atoms with Crippen LogP contribution in [0, 0.1) is 5.92 Å². The number of hydrogen-bond acceptors (Lipinski definition) is 5. The van der Waals surface area contributed by atoms with Crippen molar-refractivity contribution in [3.63, 3.8) is 0 Å². The molecule has 32 heavy (non-hydrogen) atoms. The van der Waals surface area contributed by atoms with Crippen molar-refractivity contribution in [2.45, 2.75) is 40.0 Å². The summed E-state index contributed by atoms with van der Waals surface area (Å²) < 4.78 is 11.3. The first kappa shape index (κ1) is 23.8. The maximum absolute atomic E-state index is 11.7. The van der Waals surface area contributed by atoms with Gasteiger partial charge in [-0.1, -0.05) is 39.3 Å². The van der Waals surface area contributed by atoms with Gasteiger partial charge >= 0.3 is 5.97 Å². The third kappa shape index (κ3) is 6.57. The van der Waals surface area contributed by atoms with Gasteiger partial charge in [0.05, 0.1) is 6.61 Å². The lowest BCUT2D eigenvalue weighted by Crippen LogP contribution is -2.29. The molecule has 0 unspecified atom stereocenters. The smallest absolute Gasteiger partial charge is 0.331 e. The van der Waals surface area contributed by atoms with Crippen molar-refractivity contribution in [3.8, 4) is 16.9 Å². The molecule has 1 aromatic carbocycles. The molecule has 0 saturated carbocycles. The van der Waals surface area contributed by atoms with Crippen LogP contribution >= 0.6 is 0 Å². The van der Waals surface area contributed by atoms with Crippen LogP contribution in [-0.2, 0) is 9.53 Å². The Morgan fingerprint density at radius 2 is 1.94 bits per heavy atom. The topological polar surface area (TPSA) is 71.9 Å². The Morgan fingerprint density at radius 1 is 1.16 bits per heavy atom. The summed E-state index contributed by atoms with van der Waals surface area (Å²) in [5, 5.41) is 9.58. The summed E-state index contributed by atoms with van der Waals surface area (Å²) in [6.45, 7) is 9.84. The number of aromatic nitrogens is 1. The quantitative estimate of drug-likeness (QED) is 0.481. The number of carboxylic acids is 1. The molecule has 2 aromatic rings. The highest BCUT2D eigenvalue weighted by molar-refractivity contribution is 5.94. The fraction of sp³-hybridized carbons (Fsp3) is 0.462. The van der Waals surface area contributed by atoms with E-state index in [-0.39, 0.29) is 0 Å². The highest BCUT2D eigenvalue weighted by Gasteiger charge is 2.21. The average molecular weight is 439 g/mol. The number of nitrogens with zero attached hydrogens (tertiary/aromatic N) is 2. The fourth-order valence-electron chi connectivity index (χ4n) is 3.72. The van der Waals surface area contributed by atoms with Crippen LogP contribution in [-0.4, -0.2) is 49.0 Å². The van der Waals surface area contributed by atoms with Crippen molar-refractivity contribution in [1.29, 1.82) is 0 Å². The first-order valence-electron chi connectivity index (χ1n) is 11.5. The number of unbranched alkanes of at least 4 members (excludes halogenated alkanes) is 1. The van der Waals surface area contributed by atoms with E-state index in [2.05, 4.69) is 25.7 Å². The second-order valence-corrected chi connectivity index (χ2v) is 8.54. The number of aliphatic carboxylic acids is 1. The van der Waals surface area contributed by atoms with Crippen LogP contribution in [0.4, 0.5) is 5.82 Å². The van der Waals surface area contributed by atoms with Gasteiger partial charge in [0.25, 0.3) is 0 Å². The van der Waals surface area contributed by atoms with Crippen LogP contribution in [0.15, 0.2) is 42.1 Å². The van der Waals surface area contributed by atoms with Crippen LogP contribution in [0.1, 0.15) is 45.6 Å². The lowest BCUT2D eigenvalue weighted by molar-refractivity contribution is -0.132. The molecule has 1 aliphatic rings. The number of carbonyl (C=O) groups is 1. The molecule has 3 rings (SSSR count). The van der Waals surface area contributed by atoms with Crippen LogP contribution in [0.25, 0.3) is 17.2 Å². The lowest BCUT2D eigenvalue weighted by atomic mass is 10.0. The van der Waals surface area contributed by atoms with Gasteiger partial charge in [0.1, 0.15) is 18.2 Å². The Morgan fingerprint density at radius 3 is 2.62 bits per heavy atom. The van der Waals surface area contributed by atoms with Gasteiger partial charge in [-0.05, 0) is 48.6 Å². The zero-order valence-electron chi connectivity index (χ0n) is 19.3. The zero-order valence-corrected chi connectivity index (χ0v) is 19.3. The molecule has 1 N–H and O–H groups in total. The van der Waals surface area contributed by atoms with Crippen LogP contribution in [0.5, 0.6) is 5.75 Å². The number of hydrogen-bond donors (Lipinski definition) is 1. The molecule has 0 bridgehead atoms. The van der Waals surface area contributed by atoms with Gasteiger partial charge in [-0.2, -0.15) is 0 Å². The molecule has 6 heteroatoms. The minimum Gasteiger partial charge on any atom is -0.491 e. The first-order chi connectivity index (χ1) is 15.5. The van der Waals surface area contributed by atoms with Gasteiger partial charge in [-0.15, -0.1) is 0 Å². The Hall–Kier alpha value is -2.86. The number of ether oxygens (including phenoxy) is 2. The highest BCUT2D eigenvalue weighted by atomic mass is 16.5. The van der Waals surface area contributed by atoms with Gasteiger partial charge in [0.15, 0.2) is 0 Å². The molecule has 172 valence electrons. The summed E-state index contributed by atoms with van der Waals surface area (Å²) >= 11 is 0. The van der Waals surface area contributed by atoms with E-state index in [1.54, 1.807) is 6.08 Å². The molecule has 0 amide bonds. The highest BCUT2D eigenvalue weighted by Crippen LogP contribution is 2.31. The minimum atomic E-state index is -0.868. The summed E-state index contributed by atoms with van der Waals surface area (Å²) in [7, 11) is 0. The summed E-state index contributed by atoms with van der Waals surface area (Å²) in [5.41, 5.74) is 3.23.